The van der Waals surface area contributed by atoms with Gasteiger partial charge >= 0.3 is 0 Å². The molecule has 0 aliphatic carbocycles. The quantitative estimate of drug-likeness (QED) is 0.907. The molecule has 1 amide bonds. The number of nitrogens with one attached hydrogen (secondary N) is 1. The van der Waals surface area contributed by atoms with Gasteiger partial charge in [-0.2, -0.15) is 0 Å². The van der Waals surface area contributed by atoms with Crippen molar-refractivity contribution in [1.29, 1.82) is 0 Å². The minimum absolute atomic E-state index is 0.289. The molecule has 4 heteroatoms. The molecule has 1 aromatic rings. The van der Waals surface area contributed by atoms with Gasteiger partial charge in [0.25, 0.3) is 0 Å². The van der Waals surface area contributed by atoms with Crippen LogP contribution in [0.25, 0.3) is 0 Å². The van der Waals surface area contributed by atoms with E-state index in [2.05, 4.69) is 32.2 Å². The molecule has 0 radical (unpaired) electrons. The third-order valence-corrected chi connectivity index (χ3v) is 4.63. The summed E-state index contributed by atoms with van der Waals surface area (Å²) in [5.41, 5.74) is 3.79. The topological polar surface area (TPSA) is 41.6 Å². The second-order valence-electron chi connectivity index (χ2n) is 6.32. The van der Waals surface area contributed by atoms with E-state index in [9.17, 15) is 4.79 Å². The normalized spacial score (nSPS) is 16.5. The Morgan fingerprint density at radius 2 is 1.95 bits per heavy atom. The molecular formula is C18H28N2O2. The maximum absolute atomic E-state index is 12.3. The smallest absolute Gasteiger partial charge is 0.222 e. The number of ether oxygens (including phenoxy) is 1. The van der Waals surface area contributed by atoms with Gasteiger partial charge < -0.3 is 15.0 Å². The lowest BCUT2D eigenvalue weighted by Gasteiger charge is -2.28. The highest BCUT2D eigenvalue weighted by Gasteiger charge is 2.19. The predicted octanol–water partition coefficient (Wildman–Crippen LogP) is 2.31. The molecule has 1 N–H and O–H groups in total. The van der Waals surface area contributed by atoms with Crippen LogP contribution in [0.2, 0.25) is 0 Å². The number of carbonyl (C=O) groups excluding carboxylic acids is 1. The van der Waals surface area contributed by atoms with Gasteiger partial charge in [0.1, 0.15) is 5.75 Å². The summed E-state index contributed by atoms with van der Waals surface area (Å²) in [5.74, 6) is 1.58. The number of rotatable bonds is 5. The zero-order valence-electron chi connectivity index (χ0n) is 14.2. The Labute approximate surface area is 133 Å². The van der Waals surface area contributed by atoms with Crippen molar-refractivity contribution in [1.82, 2.24) is 10.2 Å². The van der Waals surface area contributed by atoms with Crippen molar-refractivity contribution in [3.05, 3.63) is 28.8 Å². The molecule has 22 heavy (non-hydrogen) atoms. The van der Waals surface area contributed by atoms with E-state index in [1.807, 2.05) is 11.0 Å². The zero-order valence-corrected chi connectivity index (χ0v) is 14.2. The summed E-state index contributed by atoms with van der Waals surface area (Å²) in [6, 6.07) is 4.16. The van der Waals surface area contributed by atoms with E-state index >= 15 is 0 Å². The SMILES string of the molecule is COc1ccc(CC(C)CC(=O)N2CCNCC2)c(C)c1C. The Bertz CT molecular complexity index is 522. The maximum atomic E-state index is 12.3. The first-order valence-electron chi connectivity index (χ1n) is 8.14. The van der Waals surface area contributed by atoms with Gasteiger partial charge in [-0.1, -0.05) is 13.0 Å². The third kappa shape index (κ3) is 4.01. The summed E-state index contributed by atoms with van der Waals surface area (Å²) in [7, 11) is 1.70. The molecule has 0 aromatic heterocycles. The minimum Gasteiger partial charge on any atom is -0.496 e. The summed E-state index contributed by atoms with van der Waals surface area (Å²) in [6.07, 6.45) is 1.57. The molecule has 4 nitrogen and oxygen atoms in total. The second-order valence-corrected chi connectivity index (χ2v) is 6.32. The van der Waals surface area contributed by atoms with Gasteiger partial charge in [0.05, 0.1) is 7.11 Å². The average Bonchev–Trinajstić information content (AvgIpc) is 2.53. The van der Waals surface area contributed by atoms with Crippen molar-refractivity contribution in [2.75, 3.05) is 33.3 Å². The van der Waals surface area contributed by atoms with E-state index in [0.717, 1.165) is 38.3 Å². The number of amides is 1. The van der Waals surface area contributed by atoms with E-state index in [4.69, 9.17) is 4.74 Å². The van der Waals surface area contributed by atoms with Crippen LogP contribution < -0.4 is 10.1 Å². The number of piperazine rings is 1. The van der Waals surface area contributed by atoms with Crippen LogP contribution in [0.4, 0.5) is 0 Å². The molecule has 1 heterocycles. The van der Waals surface area contributed by atoms with Crippen LogP contribution in [0.3, 0.4) is 0 Å². The van der Waals surface area contributed by atoms with Crippen LogP contribution in [0.15, 0.2) is 12.1 Å². The first-order chi connectivity index (χ1) is 10.5. The first-order valence-corrected chi connectivity index (χ1v) is 8.14. The summed E-state index contributed by atoms with van der Waals surface area (Å²) in [5, 5.41) is 3.28. The summed E-state index contributed by atoms with van der Waals surface area (Å²) >= 11 is 0. The van der Waals surface area contributed by atoms with Crippen LogP contribution in [-0.4, -0.2) is 44.1 Å². The standard InChI is InChI=1S/C18H28N2O2/c1-13(12-18(21)20-9-7-19-8-10-20)11-16-5-6-17(22-4)15(3)14(16)2/h5-6,13,19H,7-12H2,1-4H3. The molecule has 1 aliphatic rings. The van der Waals surface area contributed by atoms with Crippen molar-refractivity contribution in [3.63, 3.8) is 0 Å². The van der Waals surface area contributed by atoms with Crippen molar-refractivity contribution in [3.8, 4) is 5.75 Å². The maximum Gasteiger partial charge on any atom is 0.222 e. The Morgan fingerprint density at radius 3 is 2.59 bits per heavy atom. The molecule has 0 bridgehead atoms. The second kappa shape index (κ2) is 7.63. The molecule has 1 aliphatic heterocycles. The highest BCUT2D eigenvalue weighted by Crippen LogP contribution is 2.26. The van der Waals surface area contributed by atoms with Gasteiger partial charge in [0.15, 0.2) is 0 Å². The van der Waals surface area contributed by atoms with Gasteiger partial charge in [-0.15, -0.1) is 0 Å². The fraction of sp³-hybridized carbons (Fsp3) is 0.611. The van der Waals surface area contributed by atoms with Crippen molar-refractivity contribution in [2.45, 2.75) is 33.6 Å². The molecule has 1 aromatic carbocycles. The summed E-state index contributed by atoms with van der Waals surface area (Å²) in [6.45, 7) is 9.90. The van der Waals surface area contributed by atoms with Crippen molar-refractivity contribution < 1.29 is 9.53 Å². The molecule has 1 fully saturated rings. The number of methoxy groups -OCH3 is 1. The minimum atomic E-state index is 0.289. The monoisotopic (exact) mass is 304 g/mol. The van der Waals surface area contributed by atoms with Crippen molar-refractivity contribution in [2.24, 2.45) is 5.92 Å². The zero-order chi connectivity index (χ0) is 16.1. The molecule has 0 spiro atoms. The Balaban J connectivity index is 1.95. The van der Waals surface area contributed by atoms with Gasteiger partial charge in [0, 0.05) is 32.6 Å². The average molecular weight is 304 g/mol. The van der Waals surface area contributed by atoms with Crippen LogP contribution in [0, 0.1) is 19.8 Å². The molecule has 122 valence electrons. The highest BCUT2D eigenvalue weighted by atomic mass is 16.5. The van der Waals surface area contributed by atoms with Crippen LogP contribution in [0.5, 0.6) is 5.75 Å². The number of carbonyl (C=O) groups is 1. The van der Waals surface area contributed by atoms with Gasteiger partial charge in [0.2, 0.25) is 5.91 Å². The fourth-order valence-electron chi connectivity index (χ4n) is 3.08. The van der Waals surface area contributed by atoms with E-state index in [0.29, 0.717) is 12.3 Å². The number of hydrogen-bond acceptors (Lipinski definition) is 3. The van der Waals surface area contributed by atoms with Gasteiger partial charge in [-0.3, -0.25) is 4.79 Å². The van der Waals surface area contributed by atoms with E-state index < -0.39 is 0 Å². The van der Waals surface area contributed by atoms with Crippen molar-refractivity contribution >= 4 is 5.91 Å². The molecule has 0 saturated carbocycles. The lowest BCUT2D eigenvalue weighted by Crippen LogP contribution is -2.46. The molecule has 1 saturated heterocycles. The molecule has 1 atom stereocenters. The number of nitrogens with zero attached hydrogens (tertiary/aromatic N) is 1. The number of benzene rings is 1. The predicted molar refractivity (Wildman–Crippen MR) is 89.4 cm³/mol. The number of hydrogen-bond donors (Lipinski definition) is 1. The first kappa shape index (κ1) is 16.8. The summed E-state index contributed by atoms with van der Waals surface area (Å²) < 4.78 is 5.36. The molecule has 2 rings (SSSR count). The summed E-state index contributed by atoms with van der Waals surface area (Å²) in [4.78, 5) is 14.3. The largest absolute Gasteiger partial charge is 0.496 e. The van der Waals surface area contributed by atoms with Gasteiger partial charge in [-0.25, -0.2) is 0 Å². The Morgan fingerprint density at radius 1 is 1.27 bits per heavy atom. The Hall–Kier alpha value is -1.55. The molecule has 1 unspecified atom stereocenters. The van der Waals surface area contributed by atoms with E-state index in [1.165, 1.54) is 16.7 Å². The third-order valence-electron chi connectivity index (χ3n) is 4.63. The Kier molecular flexibility index (Phi) is 5.83. The van der Waals surface area contributed by atoms with E-state index in [1.54, 1.807) is 7.11 Å². The lowest BCUT2D eigenvalue weighted by atomic mass is 9.92. The molecular weight excluding hydrogens is 276 g/mol. The lowest BCUT2D eigenvalue weighted by molar-refractivity contribution is -0.132. The van der Waals surface area contributed by atoms with Gasteiger partial charge in [-0.05, 0) is 48.9 Å². The fourth-order valence-corrected chi connectivity index (χ4v) is 3.08. The van der Waals surface area contributed by atoms with Crippen LogP contribution >= 0.6 is 0 Å². The van der Waals surface area contributed by atoms with E-state index in [-0.39, 0.29) is 5.91 Å². The van der Waals surface area contributed by atoms with Crippen LogP contribution in [0.1, 0.15) is 30.0 Å². The highest BCUT2D eigenvalue weighted by molar-refractivity contribution is 5.76. The van der Waals surface area contributed by atoms with Crippen LogP contribution in [-0.2, 0) is 11.2 Å².